The molecule has 18 heavy (non-hydrogen) atoms. The van der Waals surface area contributed by atoms with E-state index in [-0.39, 0.29) is 0 Å². The Hall–Kier alpha value is -1.98. The summed E-state index contributed by atoms with van der Waals surface area (Å²) in [7, 11) is 0. The molecule has 5 N–H and O–H groups in total. The molecular weight excluding hydrogens is 232 g/mol. The van der Waals surface area contributed by atoms with E-state index in [1.807, 2.05) is 0 Å². The second-order valence-electron chi connectivity index (χ2n) is 4.58. The van der Waals surface area contributed by atoms with Crippen molar-refractivity contribution in [3.63, 3.8) is 0 Å². The molecule has 6 heteroatoms. The minimum Gasteiger partial charge on any atom is -0.480 e. The highest BCUT2D eigenvalue weighted by molar-refractivity contribution is 5.80. The summed E-state index contributed by atoms with van der Waals surface area (Å²) in [5, 5.41) is 9.31. The molecule has 1 fully saturated rings. The molecule has 98 valence electrons. The summed E-state index contributed by atoms with van der Waals surface area (Å²) in [4.78, 5) is 17.3. The van der Waals surface area contributed by atoms with Gasteiger partial charge in [0.05, 0.1) is 17.6 Å². The molecule has 2 rings (SSSR count). The van der Waals surface area contributed by atoms with Crippen molar-refractivity contribution in [3.05, 3.63) is 12.3 Å². The Bertz CT molecular complexity index is 450. The van der Waals surface area contributed by atoms with E-state index in [2.05, 4.69) is 4.98 Å². The lowest BCUT2D eigenvalue weighted by atomic mass is 10.1. The predicted molar refractivity (Wildman–Crippen MR) is 70.3 cm³/mol. The van der Waals surface area contributed by atoms with Gasteiger partial charge in [0.2, 0.25) is 0 Å². The van der Waals surface area contributed by atoms with Gasteiger partial charge < -0.3 is 21.5 Å². The normalized spacial score (nSPS) is 20.4. The third-order valence-corrected chi connectivity index (χ3v) is 3.23. The molecule has 1 saturated heterocycles. The van der Waals surface area contributed by atoms with Crippen molar-refractivity contribution < 1.29 is 9.90 Å². The molecule has 1 unspecified atom stereocenters. The van der Waals surface area contributed by atoms with Gasteiger partial charge in [-0.3, -0.25) is 0 Å². The lowest BCUT2D eigenvalue weighted by Gasteiger charge is -2.28. The monoisotopic (exact) mass is 250 g/mol. The highest BCUT2D eigenvalue weighted by Crippen LogP contribution is 2.28. The van der Waals surface area contributed by atoms with Gasteiger partial charge in [0.15, 0.2) is 5.82 Å². The number of carbonyl (C=O) groups is 1. The van der Waals surface area contributed by atoms with Crippen LogP contribution < -0.4 is 16.4 Å². The van der Waals surface area contributed by atoms with Crippen LogP contribution in [0.5, 0.6) is 0 Å². The van der Waals surface area contributed by atoms with Crippen LogP contribution in [0.25, 0.3) is 0 Å². The van der Waals surface area contributed by atoms with Crippen molar-refractivity contribution in [2.75, 3.05) is 22.9 Å². The number of nitrogen functional groups attached to an aromatic ring is 2. The maximum atomic E-state index is 11.3. The number of nitrogens with two attached hydrogens (primary N) is 2. The topological polar surface area (TPSA) is 105 Å². The Morgan fingerprint density at radius 3 is 2.83 bits per heavy atom. The minimum absolute atomic E-state index is 0.433. The van der Waals surface area contributed by atoms with Gasteiger partial charge >= 0.3 is 5.97 Å². The summed E-state index contributed by atoms with van der Waals surface area (Å²) in [6.07, 6.45) is 5.04. The Morgan fingerprint density at radius 2 is 2.17 bits per heavy atom. The smallest absolute Gasteiger partial charge is 0.326 e. The quantitative estimate of drug-likeness (QED) is 0.725. The van der Waals surface area contributed by atoms with Crippen molar-refractivity contribution in [1.82, 2.24) is 4.98 Å². The van der Waals surface area contributed by atoms with Crippen molar-refractivity contribution >= 4 is 23.2 Å². The summed E-state index contributed by atoms with van der Waals surface area (Å²) >= 11 is 0. The number of rotatable bonds is 2. The summed E-state index contributed by atoms with van der Waals surface area (Å²) < 4.78 is 0. The van der Waals surface area contributed by atoms with E-state index in [1.54, 1.807) is 11.0 Å². The van der Waals surface area contributed by atoms with Gasteiger partial charge in [-0.15, -0.1) is 0 Å². The fraction of sp³-hybridized carbons (Fsp3) is 0.500. The van der Waals surface area contributed by atoms with Crippen LogP contribution in [0.2, 0.25) is 0 Å². The second-order valence-corrected chi connectivity index (χ2v) is 4.58. The minimum atomic E-state index is -0.824. The molecule has 1 atom stereocenters. The van der Waals surface area contributed by atoms with Crippen LogP contribution in [0.4, 0.5) is 17.2 Å². The first-order valence-corrected chi connectivity index (χ1v) is 6.10. The van der Waals surface area contributed by atoms with Crippen LogP contribution >= 0.6 is 0 Å². The lowest BCUT2D eigenvalue weighted by molar-refractivity contribution is -0.138. The van der Waals surface area contributed by atoms with Crippen LogP contribution in [-0.4, -0.2) is 28.6 Å². The van der Waals surface area contributed by atoms with Crippen molar-refractivity contribution in [3.8, 4) is 0 Å². The van der Waals surface area contributed by atoms with E-state index >= 15 is 0 Å². The second kappa shape index (κ2) is 5.12. The number of carboxylic acid groups (broad SMARTS) is 1. The molecule has 0 radical (unpaired) electrons. The number of hydrogen-bond donors (Lipinski definition) is 3. The maximum absolute atomic E-state index is 11.3. The molecule has 1 aromatic heterocycles. The summed E-state index contributed by atoms with van der Waals surface area (Å²) in [6.45, 7) is 0.665. The number of aliphatic carboxylic acids is 1. The maximum Gasteiger partial charge on any atom is 0.326 e. The molecule has 1 aliphatic heterocycles. The average molecular weight is 250 g/mol. The molecule has 6 nitrogen and oxygen atoms in total. The van der Waals surface area contributed by atoms with E-state index < -0.39 is 12.0 Å². The third-order valence-electron chi connectivity index (χ3n) is 3.23. The molecule has 0 bridgehead atoms. The highest BCUT2D eigenvalue weighted by Gasteiger charge is 2.29. The van der Waals surface area contributed by atoms with Crippen LogP contribution in [0.1, 0.15) is 25.7 Å². The number of nitrogens with zero attached hydrogens (tertiary/aromatic N) is 2. The molecule has 0 saturated carbocycles. The predicted octanol–water partition coefficient (Wildman–Crippen LogP) is 1.08. The van der Waals surface area contributed by atoms with E-state index in [0.29, 0.717) is 30.2 Å². The number of anilines is 3. The highest BCUT2D eigenvalue weighted by atomic mass is 16.4. The van der Waals surface area contributed by atoms with Crippen LogP contribution in [0.15, 0.2) is 12.3 Å². The van der Waals surface area contributed by atoms with E-state index in [9.17, 15) is 9.90 Å². The van der Waals surface area contributed by atoms with E-state index in [4.69, 9.17) is 11.5 Å². The van der Waals surface area contributed by atoms with Crippen molar-refractivity contribution in [2.24, 2.45) is 0 Å². The van der Waals surface area contributed by atoms with Crippen molar-refractivity contribution in [2.45, 2.75) is 31.7 Å². The molecule has 0 aliphatic carbocycles. The van der Waals surface area contributed by atoms with E-state index in [0.717, 1.165) is 19.3 Å². The number of aromatic nitrogens is 1. The molecule has 0 spiro atoms. The fourth-order valence-electron chi connectivity index (χ4n) is 2.35. The summed E-state index contributed by atoms with van der Waals surface area (Å²) in [5.74, 6) is -0.298. The van der Waals surface area contributed by atoms with Crippen molar-refractivity contribution in [1.29, 1.82) is 0 Å². The van der Waals surface area contributed by atoms with Gasteiger partial charge in [-0.25, -0.2) is 9.78 Å². The Kier molecular flexibility index (Phi) is 3.55. The first-order valence-electron chi connectivity index (χ1n) is 6.10. The molecule has 1 aromatic rings. The number of hydrogen-bond acceptors (Lipinski definition) is 5. The zero-order valence-corrected chi connectivity index (χ0v) is 10.2. The molecule has 0 amide bonds. The largest absolute Gasteiger partial charge is 0.480 e. The average Bonchev–Trinajstić information content (AvgIpc) is 2.54. The zero-order valence-electron chi connectivity index (χ0n) is 10.2. The first kappa shape index (κ1) is 12.5. The Morgan fingerprint density at radius 1 is 1.39 bits per heavy atom. The van der Waals surface area contributed by atoms with Gasteiger partial charge in [-0.05, 0) is 18.9 Å². The van der Waals surface area contributed by atoms with Gasteiger partial charge in [-0.1, -0.05) is 12.8 Å². The van der Waals surface area contributed by atoms with Gasteiger partial charge in [0.25, 0.3) is 0 Å². The van der Waals surface area contributed by atoms with Gasteiger partial charge in [0.1, 0.15) is 6.04 Å². The molecule has 0 aromatic carbocycles. The molecular formula is C12H18N4O2. The SMILES string of the molecule is Nc1cnc(N2CCCCCC2C(=O)O)c(N)c1. The van der Waals surface area contributed by atoms with Gasteiger partial charge in [0, 0.05) is 6.54 Å². The van der Waals surface area contributed by atoms with Crippen LogP contribution in [0.3, 0.4) is 0 Å². The standard InChI is InChI=1S/C12H18N4O2/c13-8-6-9(14)11(15-7-8)16-5-3-1-2-4-10(16)12(17)18/h6-7,10H,1-5,13-14H2,(H,17,18). The fourth-order valence-corrected chi connectivity index (χ4v) is 2.35. The Balaban J connectivity index is 2.34. The van der Waals surface area contributed by atoms with Crippen LogP contribution in [0, 0.1) is 0 Å². The number of pyridine rings is 1. The van der Waals surface area contributed by atoms with Crippen LogP contribution in [-0.2, 0) is 4.79 Å². The first-order chi connectivity index (χ1) is 8.59. The van der Waals surface area contributed by atoms with E-state index in [1.165, 1.54) is 6.20 Å². The number of carboxylic acids is 1. The third kappa shape index (κ3) is 2.47. The summed E-state index contributed by atoms with van der Waals surface area (Å²) in [5.41, 5.74) is 12.4. The summed E-state index contributed by atoms with van der Waals surface area (Å²) in [6, 6.07) is 1.07. The lowest BCUT2D eigenvalue weighted by Crippen LogP contribution is -2.41. The Labute approximate surface area is 106 Å². The molecule has 2 heterocycles. The zero-order chi connectivity index (χ0) is 13.1. The molecule has 1 aliphatic rings. The van der Waals surface area contributed by atoms with Gasteiger partial charge in [-0.2, -0.15) is 0 Å².